The number of rotatable bonds is 4. The van der Waals surface area contributed by atoms with Crippen LogP contribution in [0, 0.1) is 5.82 Å². The summed E-state index contributed by atoms with van der Waals surface area (Å²) in [6.07, 6.45) is 1.05. The summed E-state index contributed by atoms with van der Waals surface area (Å²) in [5.41, 5.74) is -1.34. The third-order valence-corrected chi connectivity index (χ3v) is 4.53. The number of anilines is 1. The standard InChI is InChI=1S/C16H11ClFN3O3S/c17-12-6-9(3-4-13(12)18)20-14(22)11-7-19-16(24)21(15(11)23)8-10-2-1-5-25-10/h1-7H,8H2,(H,19,24)(H,20,22). The van der Waals surface area contributed by atoms with Gasteiger partial charge in [-0.25, -0.2) is 9.18 Å². The summed E-state index contributed by atoms with van der Waals surface area (Å²) in [6.45, 7) is 0.0648. The SMILES string of the molecule is O=C(Nc1ccc(F)c(Cl)c1)c1c[nH]c(=O)n(Cc2cccs2)c1=O. The number of aromatic nitrogens is 2. The maximum absolute atomic E-state index is 13.2. The molecule has 0 saturated heterocycles. The summed E-state index contributed by atoms with van der Waals surface area (Å²) in [6, 6.07) is 7.22. The van der Waals surface area contributed by atoms with Crippen LogP contribution >= 0.6 is 22.9 Å². The summed E-state index contributed by atoms with van der Waals surface area (Å²) in [4.78, 5) is 39.9. The van der Waals surface area contributed by atoms with Crippen molar-refractivity contribution in [3.05, 3.63) is 84.0 Å². The molecular weight excluding hydrogens is 369 g/mol. The zero-order valence-electron chi connectivity index (χ0n) is 12.6. The number of hydrogen-bond donors (Lipinski definition) is 2. The van der Waals surface area contributed by atoms with E-state index in [0.29, 0.717) is 0 Å². The largest absolute Gasteiger partial charge is 0.328 e. The maximum atomic E-state index is 13.2. The number of H-pyrrole nitrogens is 1. The van der Waals surface area contributed by atoms with E-state index >= 15 is 0 Å². The Labute approximate surface area is 149 Å². The minimum atomic E-state index is -0.733. The first-order valence-electron chi connectivity index (χ1n) is 7.07. The Morgan fingerprint density at radius 2 is 2.12 bits per heavy atom. The molecule has 0 spiro atoms. The third kappa shape index (κ3) is 3.70. The van der Waals surface area contributed by atoms with E-state index in [9.17, 15) is 18.8 Å². The monoisotopic (exact) mass is 379 g/mol. The first kappa shape index (κ1) is 17.1. The lowest BCUT2D eigenvalue weighted by molar-refractivity contribution is 0.102. The van der Waals surface area contributed by atoms with Gasteiger partial charge in [-0.15, -0.1) is 11.3 Å². The minimum Gasteiger partial charge on any atom is -0.322 e. The fraction of sp³-hybridized carbons (Fsp3) is 0.0625. The molecule has 128 valence electrons. The summed E-state index contributed by atoms with van der Waals surface area (Å²) < 4.78 is 14.1. The van der Waals surface area contributed by atoms with E-state index in [4.69, 9.17) is 11.6 Å². The Kier molecular flexibility index (Phi) is 4.82. The third-order valence-electron chi connectivity index (χ3n) is 3.38. The van der Waals surface area contributed by atoms with Gasteiger partial charge in [-0.3, -0.25) is 14.2 Å². The summed E-state index contributed by atoms with van der Waals surface area (Å²) >= 11 is 7.05. The predicted molar refractivity (Wildman–Crippen MR) is 94.1 cm³/mol. The van der Waals surface area contributed by atoms with Gasteiger partial charge in [0.05, 0.1) is 11.6 Å². The molecule has 2 N–H and O–H groups in total. The number of halogens is 2. The average molecular weight is 380 g/mol. The van der Waals surface area contributed by atoms with E-state index in [1.807, 2.05) is 5.38 Å². The molecule has 0 aliphatic carbocycles. The van der Waals surface area contributed by atoms with Crippen LogP contribution in [0.15, 0.2) is 51.5 Å². The molecule has 1 amide bonds. The Bertz CT molecular complexity index is 1040. The number of aromatic amines is 1. The molecule has 0 aliphatic rings. The maximum Gasteiger partial charge on any atom is 0.328 e. The number of nitrogens with one attached hydrogen (secondary N) is 2. The predicted octanol–water partition coefficient (Wildman–Crippen LogP) is 2.69. The van der Waals surface area contributed by atoms with Crippen molar-refractivity contribution in [1.82, 2.24) is 9.55 Å². The first-order valence-corrected chi connectivity index (χ1v) is 8.33. The normalized spacial score (nSPS) is 10.6. The van der Waals surface area contributed by atoms with E-state index < -0.39 is 23.0 Å². The summed E-state index contributed by atoms with van der Waals surface area (Å²) in [7, 11) is 0. The zero-order valence-corrected chi connectivity index (χ0v) is 14.2. The van der Waals surface area contributed by atoms with Crippen LogP contribution in [0.1, 0.15) is 15.2 Å². The second-order valence-corrected chi connectivity index (χ2v) is 6.50. The molecule has 9 heteroatoms. The van der Waals surface area contributed by atoms with Crippen molar-refractivity contribution < 1.29 is 9.18 Å². The van der Waals surface area contributed by atoms with E-state index in [-0.39, 0.29) is 22.8 Å². The lowest BCUT2D eigenvalue weighted by Gasteiger charge is -2.08. The van der Waals surface area contributed by atoms with Crippen LogP contribution < -0.4 is 16.6 Å². The van der Waals surface area contributed by atoms with E-state index in [0.717, 1.165) is 21.7 Å². The summed E-state index contributed by atoms with van der Waals surface area (Å²) in [5, 5.41) is 4.11. The van der Waals surface area contributed by atoms with Crippen LogP contribution in [0.4, 0.5) is 10.1 Å². The molecule has 0 unspecified atom stereocenters. The molecule has 2 aromatic heterocycles. The molecule has 6 nitrogen and oxygen atoms in total. The first-order chi connectivity index (χ1) is 12.0. The molecule has 0 fully saturated rings. The molecule has 2 heterocycles. The van der Waals surface area contributed by atoms with Gasteiger partial charge in [0.1, 0.15) is 11.4 Å². The fourth-order valence-electron chi connectivity index (χ4n) is 2.15. The van der Waals surface area contributed by atoms with Crippen LogP contribution in [0.3, 0.4) is 0 Å². The molecule has 0 saturated carbocycles. The van der Waals surface area contributed by atoms with Crippen LogP contribution in [0.5, 0.6) is 0 Å². The number of hydrogen-bond acceptors (Lipinski definition) is 4. The van der Waals surface area contributed by atoms with E-state index in [2.05, 4.69) is 10.3 Å². The molecule has 3 aromatic rings. The Morgan fingerprint density at radius 1 is 1.32 bits per heavy atom. The minimum absolute atomic E-state index is 0.0648. The van der Waals surface area contributed by atoms with Crippen LogP contribution in [0.2, 0.25) is 5.02 Å². The van der Waals surface area contributed by atoms with Gasteiger partial charge in [-0.1, -0.05) is 17.7 Å². The van der Waals surface area contributed by atoms with Crippen molar-refractivity contribution in [2.75, 3.05) is 5.32 Å². The van der Waals surface area contributed by atoms with Gasteiger partial charge < -0.3 is 10.3 Å². The highest BCUT2D eigenvalue weighted by molar-refractivity contribution is 7.09. The number of benzene rings is 1. The summed E-state index contributed by atoms with van der Waals surface area (Å²) in [5.74, 6) is -1.36. The smallest absolute Gasteiger partial charge is 0.322 e. The molecule has 1 aromatic carbocycles. The van der Waals surface area contributed by atoms with Gasteiger partial charge in [0.25, 0.3) is 11.5 Å². The quantitative estimate of drug-likeness (QED) is 0.731. The van der Waals surface area contributed by atoms with E-state index in [1.165, 1.54) is 23.5 Å². The van der Waals surface area contributed by atoms with Gasteiger partial charge in [-0.05, 0) is 29.6 Å². The number of amides is 1. The molecule has 0 aliphatic heterocycles. The van der Waals surface area contributed by atoms with Crippen molar-refractivity contribution in [3.63, 3.8) is 0 Å². The molecule has 0 radical (unpaired) electrons. The zero-order chi connectivity index (χ0) is 18.0. The van der Waals surface area contributed by atoms with Crippen LogP contribution in [0.25, 0.3) is 0 Å². The Morgan fingerprint density at radius 3 is 2.80 bits per heavy atom. The highest BCUT2D eigenvalue weighted by Gasteiger charge is 2.16. The van der Waals surface area contributed by atoms with Gasteiger partial charge in [0.15, 0.2) is 0 Å². The topological polar surface area (TPSA) is 84.0 Å². The van der Waals surface area contributed by atoms with Gasteiger partial charge >= 0.3 is 5.69 Å². The van der Waals surface area contributed by atoms with Crippen molar-refractivity contribution in [2.24, 2.45) is 0 Å². The highest BCUT2D eigenvalue weighted by Crippen LogP contribution is 2.19. The number of thiophene rings is 1. The van der Waals surface area contributed by atoms with Crippen molar-refractivity contribution in [2.45, 2.75) is 6.54 Å². The molecule has 3 rings (SSSR count). The fourth-order valence-corrected chi connectivity index (χ4v) is 3.02. The second-order valence-electron chi connectivity index (χ2n) is 5.06. The highest BCUT2D eigenvalue weighted by atomic mass is 35.5. The van der Waals surface area contributed by atoms with Crippen molar-refractivity contribution in [1.29, 1.82) is 0 Å². The second kappa shape index (κ2) is 7.04. The van der Waals surface area contributed by atoms with Crippen molar-refractivity contribution >= 4 is 34.5 Å². The van der Waals surface area contributed by atoms with Crippen molar-refractivity contribution in [3.8, 4) is 0 Å². The van der Waals surface area contributed by atoms with E-state index in [1.54, 1.807) is 12.1 Å². The van der Waals surface area contributed by atoms with Crippen LogP contribution in [-0.2, 0) is 6.54 Å². The number of carbonyl (C=O) groups is 1. The molecule has 0 atom stereocenters. The average Bonchev–Trinajstić information content (AvgIpc) is 3.08. The molecule has 25 heavy (non-hydrogen) atoms. The molecule has 0 bridgehead atoms. The molecular formula is C16H11ClFN3O3S. The number of carbonyl (C=O) groups excluding carboxylic acids is 1. The lowest BCUT2D eigenvalue weighted by Crippen LogP contribution is -2.39. The van der Waals surface area contributed by atoms with Gasteiger partial charge in [-0.2, -0.15) is 0 Å². The van der Waals surface area contributed by atoms with Gasteiger partial charge in [0.2, 0.25) is 0 Å². The number of nitrogens with zero attached hydrogens (tertiary/aromatic N) is 1. The lowest BCUT2D eigenvalue weighted by atomic mass is 10.2. The van der Waals surface area contributed by atoms with Gasteiger partial charge in [0, 0.05) is 16.8 Å². The Balaban J connectivity index is 1.91. The van der Waals surface area contributed by atoms with Crippen LogP contribution in [-0.4, -0.2) is 15.5 Å². The Hall–Kier alpha value is -2.71.